The molecule has 0 bridgehead atoms. The number of benzene rings is 2. The van der Waals surface area contributed by atoms with Crippen LogP contribution in [-0.2, 0) is 13.2 Å². The SMILES string of the molecule is COc1cc(C=C(C#N)c2nn(CCO)c(N)c2C#N)ccc1OCc1ccc(Cl)cc1Cl. The first-order chi connectivity index (χ1) is 15.9. The zero-order valence-corrected chi connectivity index (χ0v) is 19.1. The van der Waals surface area contributed by atoms with Crippen LogP contribution in [-0.4, -0.2) is 28.6 Å². The molecule has 0 amide bonds. The summed E-state index contributed by atoms with van der Waals surface area (Å²) in [5.74, 6) is 1.01. The van der Waals surface area contributed by atoms with E-state index in [0.717, 1.165) is 5.56 Å². The highest BCUT2D eigenvalue weighted by atomic mass is 35.5. The van der Waals surface area contributed by atoms with Gasteiger partial charge < -0.3 is 20.3 Å². The van der Waals surface area contributed by atoms with Crippen LogP contribution < -0.4 is 15.2 Å². The first-order valence-corrected chi connectivity index (χ1v) is 10.4. The zero-order valence-electron chi connectivity index (χ0n) is 17.5. The molecule has 0 aliphatic heterocycles. The van der Waals surface area contributed by atoms with E-state index in [-0.39, 0.29) is 42.4 Å². The lowest BCUT2D eigenvalue weighted by atomic mass is 10.1. The first kappa shape index (κ1) is 24.0. The van der Waals surface area contributed by atoms with Gasteiger partial charge in [-0.15, -0.1) is 0 Å². The second kappa shape index (κ2) is 10.8. The zero-order chi connectivity index (χ0) is 24.0. The van der Waals surface area contributed by atoms with Gasteiger partial charge in [0.05, 0.1) is 25.8 Å². The van der Waals surface area contributed by atoms with Crippen LogP contribution in [0.3, 0.4) is 0 Å². The normalized spacial score (nSPS) is 11.0. The number of aliphatic hydroxyl groups excluding tert-OH is 1. The maximum atomic E-state index is 9.68. The molecule has 0 aliphatic carbocycles. The number of hydrogen-bond acceptors (Lipinski definition) is 7. The monoisotopic (exact) mass is 483 g/mol. The third-order valence-electron chi connectivity index (χ3n) is 4.69. The number of aliphatic hydroxyl groups is 1. The number of methoxy groups -OCH3 is 1. The number of anilines is 1. The summed E-state index contributed by atoms with van der Waals surface area (Å²) in [5.41, 5.74) is 7.67. The molecule has 0 aliphatic rings. The van der Waals surface area contributed by atoms with Crippen molar-refractivity contribution in [2.45, 2.75) is 13.2 Å². The van der Waals surface area contributed by atoms with Crippen molar-refractivity contribution in [1.29, 1.82) is 10.5 Å². The second-order valence-corrected chi connectivity index (χ2v) is 7.62. The summed E-state index contributed by atoms with van der Waals surface area (Å²) >= 11 is 12.1. The number of halogens is 2. The number of allylic oxidation sites excluding steroid dienone is 1. The smallest absolute Gasteiger partial charge is 0.161 e. The summed E-state index contributed by atoms with van der Waals surface area (Å²) in [5, 5.41) is 33.5. The highest BCUT2D eigenvalue weighted by molar-refractivity contribution is 6.35. The van der Waals surface area contributed by atoms with Gasteiger partial charge in [0.25, 0.3) is 0 Å². The maximum Gasteiger partial charge on any atom is 0.161 e. The van der Waals surface area contributed by atoms with E-state index >= 15 is 0 Å². The van der Waals surface area contributed by atoms with E-state index < -0.39 is 0 Å². The predicted molar refractivity (Wildman–Crippen MR) is 126 cm³/mol. The molecule has 3 rings (SSSR count). The largest absolute Gasteiger partial charge is 0.493 e. The molecule has 1 aromatic heterocycles. The molecule has 0 saturated heterocycles. The van der Waals surface area contributed by atoms with Crippen molar-refractivity contribution in [2.24, 2.45) is 0 Å². The van der Waals surface area contributed by atoms with Gasteiger partial charge in [-0.3, -0.25) is 0 Å². The Morgan fingerprint density at radius 2 is 2.00 bits per heavy atom. The van der Waals surface area contributed by atoms with E-state index in [2.05, 4.69) is 11.2 Å². The molecule has 8 nitrogen and oxygen atoms in total. The van der Waals surface area contributed by atoms with Gasteiger partial charge in [0.1, 0.15) is 35.8 Å². The average molecular weight is 484 g/mol. The molecule has 0 spiro atoms. The molecule has 3 aromatic rings. The molecule has 168 valence electrons. The molecule has 10 heteroatoms. The van der Waals surface area contributed by atoms with Gasteiger partial charge in [0.2, 0.25) is 0 Å². The Morgan fingerprint density at radius 1 is 1.21 bits per heavy atom. The predicted octanol–water partition coefficient (Wildman–Crippen LogP) is 4.29. The minimum absolute atomic E-state index is 0.0722. The fourth-order valence-corrected chi connectivity index (χ4v) is 3.51. The molecule has 3 N–H and O–H groups in total. The summed E-state index contributed by atoms with van der Waals surface area (Å²) in [6, 6.07) is 14.3. The summed E-state index contributed by atoms with van der Waals surface area (Å²) in [7, 11) is 1.50. The first-order valence-electron chi connectivity index (χ1n) is 9.66. The Labute approximate surface area is 200 Å². The molecule has 0 fully saturated rings. The summed E-state index contributed by atoms with van der Waals surface area (Å²) in [4.78, 5) is 0. The van der Waals surface area contributed by atoms with Crippen molar-refractivity contribution < 1.29 is 14.6 Å². The van der Waals surface area contributed by atoms with Gasteiger partial charge in [0.15, 0.2) is 11.5 Å². The van der Waals surface area contributed by atoms with Crippen LogP contribution >= 0.6 is 23.2 Å². The topological polar surface area (TPSA) is 130 Å². The lowest BCUT2D eigenvalue weighted by molar-refractivity contribution is 0.270. The van der Waals surface area contributed by atoms with Gasteiger partial charge in [-0.05, 0) is 35.9 Å². The van der Waals surface area contributed by atoms with Gasteiger partial charge in [-0.2, -0.15) is 15.6 Å². The Balaban J connectivity index is 1.90. The van der Waals surface area contributed by atoms with Crippen molar-refractivity contribution in [3.8, 4) is 23.6 Å². The minimum atomic E-state index is -0.207. The molecule has 0 unspecified atom stereocenters. The van der Waals surface area contributed by atoms with Gasteiger partial charge in [-0.1, -0.05) is 35.3 Å². The number of hydrogen-bond donors (Lipinski definition) is 2. The van der Waals surface area contributed by atoms with E-state index in [4.69, 9.17) is 43.5 Å². The number of nitriles is 2. The number of nitrogens with zero attached hydrogens (tertiary/aromatic N) is 4. The van der Waals surface area contributed by atoms with Crippen molar-refractivity contribution in [2.75, 3.05) is 19.5 Å². The Hall–Kier alpha value is -3.69. The van der Waals surface area contributed by atoms with Crippen molar-refractivity contribution >= 4 is 40.7 Å². The van der Waals surface area contributed by atoms with Crippen molar-refractivity contribution in [3.05, 3.63) is 68.8 Å². The average Bonchev–Trinajstić information content (AvgIpc) is 3.12. The van der Waals surface area contributed by atoms with Crippen LogP contribution in [0.15, 0.2) is 36.4 Å². The standard InChI is InChI=1S/C23H19Cl2N5O3/c1-32-21-9-14(2-5-20(21)33-13-15-3-4-17(24)10-19(15)25)8-16(11-26)22-18(12-27)23(28)30(29-22)6-7-31/h2-5,8-10,31H,6-7,13,28H2,1H3. The fourth-order valence-electron chi connectivity index (χ4n) is 3.05. The number of nitrogens with two attached hydrogens (primary N) is 1. The summed E-state index contributed by atoms with van der Waals surface area (Å²) in [6.07, 6.45) is 1.56. The van der Waals surface area contributed by atoms with E-state index in [9.17, 15) is 10.5 Å². The molecule has 1 heterocycles. The third-order valence-corrected chi connectivity index (χ3v) is 5.27. The van der Waals surface area contributed by atoms with Crippen LogP contribution in [0, 0.1) is 22.7 Å². The van der Waals surface area contributed by atoms with Gasteiger partial charge in [-0.25, -0.2) is 4.68 Å². The lowest BCUT2D eigenvalue weighted by Gasteiger charge is -2.12. The molecule has 0 atom stereocenters. The van der Waals surface area contributed by atoms with E-state index in [1.54, 1.807) is 42.5 Å². The van der Waals surface area contributed by atoms with Crippen LogP contribution in [0.1, 0.15) is 22.4 Å². The molecule has 0 radical (unpaired) electrons. The Morgan fingerprint density at radius 3 is 2.64 bits per heavy atom. The highest BCUT2D eigenvalue weighted by Crippen LogP contribution is 2.32. The molecular weight excluding hydrogens is 465 g/mol. The second-order valence-electron chi connectivity index (χ2n) is 6.77. The minimum Gasteiger partial charge on any atom is -0.493 e. The summed E-state index contributed by atoms with van der Waals surface area (Å²) in [6.45, 7) is 0.108. The van der Waals surface area contributed by atoms with Gasteiger partial charge >= 0.3 is 0 Å². The Kier molecular flexibility index (Phi) is 7.81. The van der Waals surface area contributed by atoms with E-state index in [1.807, 2.05) is 6.07 Å². The molecule has 2 aromatic carbocycles. The lowest BCUT2D eigenvalue weighted by Crippen LogP contribution is -2.07. The van der Waals surface area contributed by atoms with Crippen LogP contribution in [0.25, 0.3) is 11.6 Å². The van der Waals surface area contributed by atoms with Crippen molar-refractivity contribution in [1.82, 2.24) is 9.78 Å². The summed E-state index contributed by atoms with van der Waals surface area (Å²) < 4.78 is 12.6. The number of nitrogen functional groups attached to an aromatic ring is 1. The maximum absolute atomic E-state index is 9.68. The van der Waals surface area contributed by atoms with Gasteiger partial charge in [0, 0.05) is 15.6 Å². The number of rotatable bonds is 8. The third kappa shape index (κ3) is 5.39. The van der Waals surface area contributed by atoms with E-state index in [1.165, 1.54) is 11.8 Å². The fraction of sp³-hybridized carbons (Fsp3) is 0.174. The molecule has 33 heavy (non-hydrogen) atoms. The van der Waals surface area contributed by atoms with Crippen LogP contribution in [0.4, 0.5) is 5.82 Å². The van der Waals surface area contributed by atoms with E-state index in [0.29, 0.717) is 27.1 Å². The van der Waals surface area contributed by atoms with Crippen molar-refractivity contribution in [3.63, 3.8) is 0 Å². The quantitative estimate of drug-likeness (QED) is 0.456. The number of ether oxygens (including phenoxy) is 2. The molecule has 0 saturated carbocycles. The van der Waals surface area contributed by atoms with Crippen LogP contribution in [0.5, 0.6) is 11.5 Å². The van der Waals surface area contributed by atoms with Crippen LogP contribution in [0.2, 0.25) is 10.0 Å². The number of aromatic nitrogens is 2. The molecular formula is C23H19Cl2N5O3. The Bertz CT molecular complexity index is 1290. The highest BCUT2D eigenvalue weighted by Gasteiger charge is 2.19.